The van der Waals surface area contributed by atoms with E-state index >= 15 is 0 Å². The van der Waals surface area contributed by atoms with Crippen molar-refractivity contribution in [3.05, 3.63) is 0 Å². The summed E-state index contributed by atoms with van der Waals surface area (Å²) in [5.41, 5.74) is -0.572. The number of carboxylic acid groups (broad SMARTS) is 1. The van der Waals surface area contributed by atoms with Gasteiger partial charge in [-0.15, -0.1) is 0 Å². The van der Waals surface area contributed by atoms with Gasteiger partial charge in [-0.2, -0.15) is 11.8 Å². The molecule has 1 amide bonds. The van der Waals surface area contributed by atoms with E-state index in [4.69, 9.17) is 9.84 Å². The van der Waals surface area contributed by atoms with Crippen molar-refractivity contribution in [1.82, 2.24) is 5.32 Å². The van der Waals surface area contributed by atoms with Crippen molar-refractivity contribution in [2.75, 3.05) is 12.0 Å². The second-order valence-electron chi connectivity index (χ2n) is 5.08. The monoisotopic (exact) mass is 277 g/mol. The van der Waals surface area contributed by atoms with Crippen LogP contribution in [0, 0.1) is 0 Å². The van der Waals surface area contributed by atoms with Gasteiger partial charge in [-0.05, 0) is 45.6 Å². The first kappa shape index (κ1) is 17.1. The Morgan fingerprint density at radius 3 is 2.44 bits per heavy atom. The molecule has 18 heavy (non-hydrogen) atoms. The van der Waals surface area contributed by atoms with Gasteiger partial charge in [-0.3, -0.25) is 4.79 Å². The SMILES string of the molecule is CSCCCC(CC(=O)O)NC(=O)OC(C)(C)C. The average molecular weight is 277 g/mol. The molecule has 0 spiro atoms. The van der Waals surface area contributed by atoms with E-state index in [9.17, 15) is 9.59 Å². The Morgan fingerprint density at radius 1 is 1.39 bits per heavy atom. The van der Waals surface area contributed by atoms with Crippen LogP contribution in [0.2, 0.25) is 0 Å². The van der Waals surface area contributed by atoms with Crippen LogP contribution in [0.3, 0.4) is 0 Å². The summed E-state index contributed by atoms with van der Waals surface area (Å²) in [6, 6.07) is -0.371. The summed E-state index contributed by atoms with van der Waals surface area (Å²) in [5, 5.41) is 11.4. The lowest BCUT2D eigenvalue weighted by Crippen LogP contribution is -2.40. The van der Waals surface area contributed by atoms with Crippen LogP contribution in [0.25, 0.3) is 0 Å². The van der Waals surface area contributed by atoms with Crippen LogP contribution < -0.4 is 5.32 Å². The number of nitrogens with one attached hydrogen (secondary N) is 1. The Morgan fingerprint density at radius 2 is 2.00 bits per heavy atom. The summed E-state index contributed by atoms with van der Waals surface area (Å²) in [5.74, 6) is 0.0340. The molecule has 0 aromatic rings. The van der Waals surface area contributed by atoms with Gasteiger partial charge in [0.1, 0.15) is 5.60 Å². The molecule has 1 unspecified atom stereocenters. The smallest absolute Gasteiger partial charge is 0.407 e. The summed E-state index contributed by atoms with van der Waals surface area (Å²) < 4.78 is 5.11. The van der Waals surface area contributed by atoms with Gasteiger partial charge in [-0.1, -0.05) is 0 Å². The molecule has 5 nitrogen and oxygen atoms in total. The lowest BCUT2D eigenvalue weighted by atomic mass is 10.1. The maximum atomic E-state index is 11.6. The molecule has 0 fully saturated rings. The predicted octanol–water partition coefficient (Wildman–Crippen LogP) is 2.50. The summed E-state index contributed by atoms with van der Waals surface area (Å²) >= 11 is 1.70. The van der Waals surface area contributed by atoms with Crippen LogP contribution in [0.1, 0.15) is 40.0 Å². The highest BCUT2D eigenvalue weighted by molar-refractivity contribution is 7.98. The second kappa shape index (κ2) is 8.24. The van der Waals surface area contributed by atoms with Gasteiger partial charge in [0, 0.05) is 6.04 Å². The van der Waals surface area contributed by atoms with E-state index in [1.807, 2.05) is 6.26 Å². The quantitative estimate of drug-likeness (QED) is 0.699. The number of alkyl carbamates (subject to hydrolysis) is 1. The molecule has 2 N–H and O–H groups in total. The predicted molar refractivity (Wildman–Crippen MR) is 73.0 cm³/mol. The Hall–Kier alpha value is -0.910. The maximum absolute atomic E-state index is 11.6. The van der Waals surface area contributed by atoms with E-state index in [1.54, 1.807) is 32.5 Å². The van der Waals surface area contributed by atoms with Crippen molar-refractivity contribution in [3.63, 3.8) is 0 Å². The third-order valence-electron chi connectivity index (χ3n) is 2.04. The molecule has 1 atom stereocenters. The highest BCUT2D eigenvalue weighted by Gasteiger charge is 2.20. The van der Waals surface area contributed by atoms with E-state index < -0.39 is 17.7 Å². The second-order valence-corrected chi connectivity index (χ2v) is 6.06. The van der Waals surface area contributed by atoms with Crippen LogP contribution in [0.4, 0.5) is 4.79 Å². The Balaban J connectivity index is 4.21. The third kappa shape index (κ3) is 10.3. The van der Waals surface area contributed by atoms with Crippen LogP contribution in [-0.4, -0.2) is 40.8 Å². The summed E-state index contributed by atoms with van der Waals surface area (Å²) in [6.45, 7) is 5.31. The van der Waals surface area contributed by atoms with Crippen molar-refractivity contribution in [1.29, 1.82) is 0 Å². The van der Waals surface area contributed by atoms with E-state index in [-0.39, 0.29) is 12.5 Å². The number of amides is 1. The molecule has 0 heterocycles. The molecule has 0 aromatic heterocycles. The Bertz CT molecular complexity index is 276. The fourth-order valence-electron chi connectivity index (χ4n) is 1.38. The lowest BCUT2D eigenvalue weighted by Gasteiger charge is -2.23. The van der Waals surface area contributed by atoms with Gasteiger partial charge in [0.05, 0.1) is 6.42 Å². The normalized spacial score (nSPS) is 12.9. The average Bonchev–Trinajstić information content (AvgIpc) is 2.13. The maximum Gasteiger partial charge on any atom is 0.407 e. The Kier molecular flexibility index (Phi) is 7.82. The molecule has 0 aliphatic rings. The summed E-state index contributed by atoms with van der Waals surface area (Å²) in [6.07, 6.45) is 2.88. The molecule has 0 saturated heterocycles. The van der Waals surface area contributed by atoms with Crippen LogP contribution in [-0.2, 0) is 9.53 Å². The highest BCUT2D eigenvalue weighted by Crippen LogP contribution is 2.10. The first-order chi connectivity index (χ1) is 8.24. The molecule has 0 rings (SSSR count). The zero-order valence-electron chi connectivity index (χ0n) is 11.5. The number of carbonyl (C=O) groups excluding carboxylic acids is 1. The van der Waals surface area contributed by atoms with Gasteiger partial charge >= 0.3 is 12.1 Å². The minimum absolute atomic E-state index is 0.0758. The first-order valence-electron chi connectivity index (χ1n) is 5.95. The molecular weight excluding hydrogens is 254 g/mol. The minimum Gasteiger partial charge on any atom is -0.481 e. The van der Waals surface area contributed by atoms with Gasteiger partial charge in [0.2, 0.25) is 0 Å². The number of thioether (sulfide) groups is 1. The third-order valence-corrected chi connectivity index (χ3v) is 2.74. The summed E-state index contributed by atoms with van der Waals surface area (Å²) in [7, 11) is 0. The van der Waals surface area contributed by atoms with E-state index in [0.717, 1.165) is 12.2 Å². The number of rotatable bonds is 7. The lowest BCUT2D eigenvalue weighted by molar-refractivity contribution is -0.137. The fraction of sp³-hybridized carbons (Fsp3) is 0.833. The van der Waals surface area contributed by atoms with Crippen LogP contribution in [0.5, 0.6) is 0 Å². The fourth-order valence-corrected chi connectivity index (χ4v) is 1.84. The van der Waals surface area contributed by atoms with Gasteiger partial charge in [0.15, 0.2) is 0 Å². The molecule has 0 saturated carbocycles. The van der Waals surface area contributed by atoms with Crippen molar-refractivity contribution in [2.45, 2.75) is 51.7 Å². The zero-order chi connectivity index (χ0) is 14.2. The van der Waals surface area contributed by atoms with Crippen LogP contribution in [0.15, 0.2) is 0 Å². The molecule has 6 heteroatoms. The van der Waals surface area contributed by atoms with Gasteiger partial charge in [0.25, 0.3) is 0 Å². The molecular formula is C12H23NO4S. The number of hydrogen-bond acceptors (Lipinski definition) is 4. The largest absolute Gasteiger partial charge is 0.481 e. The number of ether oxygens (including phenoxy) is 1. The molecule has 0 aliphatic carbocycles. The van der Waals surface area contributed by atoms with E-state index in [0.29, 0.717) is 6.42 Å². The Labute approximate surface area is 113 Å². The van der Waals surface area contributed by atoms with Gasteiger partial charge < -0.3 is 15.2 Å². The topological polar surface area (TPSA) is 75.6 Å². The van der Waals surface area contributed by atoms with Crippen molar-refractivity contribution in [3.8, 4) is 0 Å². The van der Waals surface area contributed by atoms with Crippen molar-refractivity contribution in [2.24, 2.45) is 0 Å². The number of carboxylic acids is 1. The molecule has 0 aromatic carbocycles. The van der Waals surface area contributed by atoms with Crippen LogP contribution >= 0.6 is 11.8 Å². The summed E-state index contributed by atoms with van der Waals surface area (Å²) in [4.78, 5) is 22.3. The van der Waals surface area contributed by atoms with E-state index in [2.05, 4.69) is 5.32 Å². The van der Waals surface area contributed by atoms with E-state index in [1.165, 1.54) is 0 Å². The zero-order valence-corrected chi connectivity index (χ0v) is 12.3. The minimum atomic E-state index is -0.916. The molecule has 0 radical (unpaired) electrons. The highest BCUT2D eigenvalue weighted by atomic mass is 32.2. The number of hydrogen-bond donors (Lipinski definition) is 2. The number of aliphatic carboxylic acids is 1. The van der Waals surface area contributed by atoms with Crippen molar-refractivity contribution < 1.29 is 19.4 Å². The van der Waals surface area contributed by atoms with Crippen molar-refractivity contribution >= 4 is 23.8 Å². The molecule has 106 valence electrons. The van der Waals surface area contributed by atoms with Gasteiger partial charge in [-0.25, -0.2) is 4.79 Å². The first-order valence-corrected chi connectivity index (χ1v) is 7.34. The molecule has 0 bridgehead atoms. The standard InChI is InChI=1S/C12H23NO4S/c1-12(2,3)17-11(16)13-9(8-10(14)15)6-5-7-18-4/h9H,5-8H2,1-4H3,(H,13,16)(H,14,15). The number of carbonyl (C=O) groups is 2. The molecule has 0 aliphatic heterocycles.